The molecule has 1 aliphatic carbocycles. The molecule has 1 aliphatic rings. The lowest BCUT2D eigenvalue weighted by molar-refractivity contribution is 0.0903. The van der Waals surface area contributed by atoms with E-state index in [4.69, 9.17) is 4.42 Å². The zero-order valence-electron chi connectivity index (χ0n) is 9.33. The Morgan fingerprint density at radius 3 is 2.88 bits per heavy atom. The zero-order valence-corrected chi connectivity index (χ0v) is 10.9. The van der Waals surface area contributed by atoms with E-state index in [1.165, 1.54) is 12.8 Å². The Hall–Kier alpha value is -0.770. The lowest BCUT2D eigenvalue weighted by atomic mass is 10.1. The predicted molar refractivity (Wildman–Crippen MR) is 65.3 cm³/mol. The van der Waals surface area contributed by atoms with Crippen molar-refractivity contribution in [2.75, 3.05) is 0 Å². The maximum atomic E-state index is 11.8. The average Bonchev–Trinajstić information content (AvgIpc) is 2.97. The zero-order chi connectivity index (χ0) is 11.5. The van der Waals surface area contributed by atoms with Crippen LogP contribution in [0.3, 0.4) is 0 Å². The van der Waals surface area contributed by atoms with Crippen LogP contribution in [-0.4, -0.2) is 11.9 Å². The van der Waals surface area contributed by atoms with Gasteiger partial charge in [0.15, 0.2) is 10.4 Å². The van der Waals surface area contributed by atoms with Crippen LogP contribution >= 0.6 is 15.9 Å². The first-order valence-electron chi connectivity index (χ1n) is 5.75. The molecule has 0 spiro atoms. The third-order valence-corrected chi connectivity index (χ3v) is 3.37. The van der Waals surface area contributed by atoms with Crippen LogP contribution in [0.25, 0.3) is 0 Å². The van der Waals surface area contributed by atoms with Gasteiger partial charge < -0.3 is 9.73 Å². The van der Waals surface area contributed by atoms with Gasteiger partial charge in [-0.3, -0.25) is 4.79 Å². The van der Waals surface area contributed by atoms with E-state index in [1.54, 1.807) is 12.1 Å². The van der Waals surface area contributed by atoms with Gasteiger partial charge in [0.2, 0.25) is 0 Å². The molecule has 16 heavy (non-hydrogen) atoms. The van der Waals surface area contributed by atoms with E-state index in [0.717, 1.165) is 18.8 Å². The van der Waals surface area contributed by atoms with Crippen LogP contribution in [0, 0.1) is 5.92 Å². The molecule has 0 aliphatic heterocycles. The topological polar surface area (TPSA) is 42.2 Å². The molecule has 1 aromatic rings. The number of hydrogen-bond acceptors (Lipinski definition) is 2. The number of rotatable bonds is 5. The van der Waals surface area contributed by atoms with Crippen molar-refractivity contribution in [1.29, 1.82) is 0 Å². The second-order valence-electron chi connectivity index (χ2n) is 4.36. The molecule has 3 nitrogen and oxygen atoms in total. The van der Waals surface area contributed by atoms with Crippen molar-refractivity contribution in [1.82, 2.24) is 5.32 Å². The van der Waals surface area contributed by atoms with E-state index in [-0.39, 0.29) is 11.9 Å². The number of amides is 1. The SMILES string of the molecule is CCC(CC1CC1)NC(=O)c1ccc(Br)o1. The van der Waals surface area contributed by atoms with Crippen LogP contribution in [-0.2, 0) is 0 Å². The van der Waals surface area contributed by atoms with Gasteiger partial charge in [0, 0.05) is 6.04 Å². The van der Waals surface area contributed by atoms with E-state index in [1.807, 2.05) is 0 Å². The summed E-state index contributed by atoms with van der Waals surface area (Å²) >= 11 is 3.19. The van der Waals surface area contributed by atoms with Gasteiger partial charge in [-0.05, 0) is 46.8 Å². The maximum Gasteiger partial charge on any atom is 0.287 e. The fourth-order valence-corrected chi connectivity index (χ4v) is 2.08. The van der Waals surface area contributed by atoms with Crippen molar-refractivity contribution >= 4 is 21.8 Å². The first kappa shape index (κ1) is 11.7. The molecular formula is C12H16BrNO2. The number of hydrogen-bond donors (Lipinski definition) is 1. The summed E-state index contributed by atoms with van der Waals surface area (Å²) in [6, 6.07) is 3.70. The molecule has 1 atom stereocenters. The van der Waals surface area contributed by atoms with Crippen LogP contribution in [0.15, 0.2) is 21.2 Å². The molecule has 1 amide bonds. The first-order valence-corrected chi connectivity index (χ1v) is 6.54. The fourth-order valence-electron chi connectivity index (χ4n) is 1.78. The van der Waals surface area contributed by atoms with Gasteiger partial charge in [0.1, 0.15) is 0 Å². The average molecular weight is 286 g/mol. The largest absolute Gasteiger partial charge is 0.444 e. The number of carbonyl (C=O) groups excluding carboxylic acids is 1. The van der Waals surface area contributed by atoms with Gasteiger partial charge in [-0.15, -0.1) is 0 Å². The van der Waals surface area contributed by atoms with Gasteiger partial charge in [-0.1, -0.05) is 19.8 Å². The second kappa shape index (κ2) is 5.04. The van der Waals surface area contributed by atoms with E-state index >= 15 is 0 Å². The van der Waals surface area contributed by atoms with Gasteiger partial charge in [-0.2, -0.15) is 0 Å². The number of nitrogens with one attached hydrogen (secondary N) is 1. The lowest BCUT2D eigenvalue weighted by Crippen LogP contribution is -2.34. The fraction of sp³-hybridized carbons (Fsp3) is 0.583. The van der Waals surface area contributed by atoms with Gasteiger partial charge in [0.25, 0.3) is 5.91 Å². The molecule has 0 bridgehead atoms. The minimum Gasteiger partial charge on any atom is -0.444 e. The third-order valence-electron chi connectivity index (χ3n) is 2.94. The molecule has 0 saturated heterocycles. The second-order valence-corrected chi connectivity index (χ2v) is 5.14. The number of halogens is 1. The maximum absolute atomic E-state index is 11.8. The highest BCUT2D eigenvalue weighted by Crippen LogP contribution is 2.34. The van der Waals surface area contributed by atoms with Crippen LogP contribution < -0.4 is 5.32 Å². The smallest absolute Gasteiger partial charge is 0.287 e. The molecule has 1 unspecified atom stereocenters. The summed E-state index contributed by atoms with van der Waals surface area (Å²) in [5.41, 5.74) is 0. The Morgan fingerprint density at radius 1 is 1.62 bits per heavy atom. The molecule has 88 valence electrons. The molecule has 0 aromatic carbocycles. The summed E-state index contributed by atoms with van der Waals surface area (Å²) < 4.78 is 5.81. The monoisotopic (exact) mass is 285 g/mol. The van der Waals surface area contributed by atoms with Crippen LogP contribution in [0.5, 0.6) is 0 Å². The van der Waals surface area contributed by atoms with Crippen molar-refractivity contribution in [3.05, 3.63) is 22.6 Å². The molecule has 1 aromatic heterocycles. The van der Waals surface area contributed by atoms with E-state index < -0.39 is 0 Å². The molecule has 1 saturated carbocycles. The highest BCUT2D eigenvalue weighted by atomic mass is 79.9. The van der Waals surface area contributed by atoms with Gasteiger partial charge >= 0.3 is 0 Å². The quantitative estimate of drug-likeness (QED) is 0.902. The van der Waals surface area contributed by atoms with Crippen LogP contribution in [0.1, 0.15) is 43.2 Å². The third kappa shape index (κ3) is 3.11. The standard InChI is InChI=1S/C12H16BrNO2/c1-2-9(7-8-3-4-8)14-12(15)10-5-6-11(13)16-10/h5-6,8-9H,2-4,7H2,1H3,(H,14,15). The minimum absolute atomic E-state index is 0.113. The van der Waals surface area contributed by atoms with Crippen LogP contribution in [0.4, 0.5) is 0 Å². The summed E-state index contributed by atoms with van der Waals surface area (Å²) in [7, 11) is 0. The molecule has 0 radical (unpaired) electrons. The van der Waals surface area contributed by atoms with E-state index in [0.29, 0.717) is 10.4 Å². The Labute approximate surface area is 104 Å². The van der Waals surface area contributed by atoms with Gasteiger partial charge in [0.05, 0.1) is 0 Å². The Balaban J connectivity index is 1.89. The summed E-state index contributed by atoms with van der Waals surface area (Å²) in [4.78, 5) is 11.8. The Bertz CT molecular complexity index is 371. The molecule has 1 fully saturated rings. The van der Waals surface area contributed by atoms with Gasteiger partial charge in [-0.25, -0.2) is 0 Å². The first-order chi connectivity index (χ1) is 7.69. The highest BCUT2D eigenvalue weighted by molar-refractivity contribution is 9.10. The van der Waals surface area contributed by atoms with E-state index in [9.17, 15) is 4.79 Å². The predicted octanol–water partition coefficient (Wildman–Crippen LogP) is 3.35. The van der Waals surface area contributed by atoms with Crippen LogP contribution in [0.2, 0.25) is 0 Å². The van der Waals surface area contributed by atoms with Crippen molar-refractivity contribution in [2.45, 2.75) is 38.6 Å². The summed E-state index contributed by atoms with van der Waals surface area (Å²) in [5, 5.41) is 3.01. The molecule has 2 rings (SSSR count). The minimum atomic E-state index is -0.113. The molecular weight excluding hydrogens is 270 g/mol. The number of carbonyl (C=O) groups is 1. The summed E-state index contributed by atoms with van der Waals surface area (Å²) in [6.45, 7) is 2.10. The Morgan fingerprint density at radius 2 is 2.38 bits per heavy atom. The lowest BCUT2D eigenvalue weighted by Gasteiger charge is -2.15. The molecule has 1 N–H and O–H groups in total. The summed E-state index contributed by atoms with van der Waals surface area (Å²) in [6.07, 6.45) is 4.71. The van der Waals surface area contributed by atoms with Crippen molar-refractivity contribution in [2.24, 2.45) is 5.92 Å². The van der Waals surface area contributed by atoms with Crippen molar-refractivity contribution in [3.8, 4) is 0 Å². The number of furan rings is 1. The molecule has 4 heteroatoms. The molecule has 1 heterocycles. The highest BCUT2D eigenvalue weighted by Gasteiger charge is 2.26. The van der Waals surface area contributed by atoms with Crippen molar-refractivity contribution in [3.63, 3.8) is 0 Å². The normalized spacial score (nSPS) is 17.1. The van der Waals surface area contributed by atoms with Crippen molar-refractivity contribution < 1.29 is 9.21 Å². The Kier molecular flexibility index (Phi) is 3.69. The summed E-state index contributed by atoms with van der Waals surface area (Å²) in [5.74, 6) is 1.09. The van der Waals surface area contributed by atoms with E-state index in [2.05, 4.69) is 28.2 Å².